The summed E-state index contributed by atoms with van der Waals surface area (Å²) >= 11 is 0. The Morgan fingerprint density at radius 3 is 2.54 bits per heavy atom. The van der Waals surface area contributed by atoms with Crippen molar-refractivity contribution in [3.05, 3.63) is 35.9 Å². The first-order chi connectivity index (χ1) is 12.2. The van der Waals surface area contributed by atoms with Crippen LogP contribution in [0, 0.1) is 5.41 Å². The molecule has 26 heavy (non-hydrogen) atoms. The minimum Gasteiger partial charge on any atom is -0.445 e. The van der Waals surface area contributed by atoms with Crippen molar-refractivity contribution in [1.82, 2.24) is 10.2 Å². The number of amides is 2. The fourth-order valence-electron chi connectivity index (χ4n) is 3.09. The number of rotatable bonds is 5. The first kappa shape index (κ1) is 20.4. The summed E-state index contributed by atoms with van der Waals surface area (Å²) in [4.78, 5) is 26.1. The third kappa shape index (κ3) is 5.84. The molecule has 2 amide bonds. The number of nitrogens with zero attached hydrogens (tertiary/aromatic N) is 1. The van der Waals surface area contributed by atoms with Gasteiger partial charge in [0.1, 0.15) is 13.2 Å². The summed E-state index contributed by atoms with van der Waals surface area (Å²) in [7, 11) is -1.30. The van der Waals surface area contributed by atoms with Crippen LogP contribution in [0.4, 0.5) is 4.79 Å². The zero-order valence-electron chi connectivity index (χ0n) is 16.3. The van der Waals surface area contributed by atoms with E-state index in [2.05, 4.69) is 39.2 Å². The van der Waals surface area contributed by atoms with Crippen LogP contribution in [-0.4, -0.2) is 51.2 Å². The van der Waals surface area contributed by atoms with E-state index < -0.39 is 15.1 Å². The molecule has 0 aliphatic carbocycles. The zero-order valence-corrected chi connectivity index (χ0v) is 17.5. The second kappa shape index (κ2) is 8.68. The molecule has 0 spiro atoms. The molecule has 144 valence electrons. The molecule has 0 radical (unpaired) electrons. The second-order valence-corrected chi connectivity index (χ2v) is 10.4. The van der Waals surface area contributed by atoms with Crippen molar-refractivity contribution in [2.75, 3.05) is 13.1 Å². The van der Waals surface area contributed by atoms with Crippen LogP contribution in [0.3, 0.4) is 0 Å². The molecule has 2 rings (SSSR count). The molecule has 0 bridgehead atoms. The maximum absolute atomic E-state index is 12.4. The van der Waals surface area contributed by atoms with Crippen molar-refractivity contribution >= 4 is 21.0 Å². The quantitative estimate of drug-likeness (QED) is 0.800. The summed E-state index contributed by atoms with van der Waals surface area (Å²) in [5.41, 5.74) is 0.771. The average Bonchev–Trinajstić information content (AvgIpc) is 2.56. The van der Waals surface area contributed by atoms with Crippen LogP contribution < -0.4 is 5.32 Å². The minimum absolute atomic E-state index is 0.0140. The summed E-state index contributed by atoms with van der Waals surface area (Å²) < 4.78 is 11.6. The molecular formula is C19H30N2O4Si. The van der Waals surface area contributed by atoms with E-state index in [-0.39, 0.29) is 36.6 Å². The van der Waals surface area contributed by atoms with Crippen LogP contribution in [0.2, 0.25) is 13.1 Å². The van der Waals surface area contributed by atoms with Gasteiger partial charge in [0.25, 0.3) is 0 Å². The van der Waals surface area contributed by atoms with Gasteiger partial charge in [-0.05, 0) is 24.1 Å². The predicted octanol–water partition coefficient (Wildman–Crippen LogP) is 2.54. The Labute approximate surface area is 157 Å². The summed E-state index contributed by atoms with van der Waals surface area (Å²) in [5, 5.41) is 3.00. The van der Waals surface area contributed by atoms with Crippen molar-refractivity contribution in [2.45, 2.75) is 52.6 Å². The summed E-state index contributed by atoms with van der Waals surface area (Å²) in [5.74, 6) is -0.179. The van der Waals surface area contributed by atoms with Crippen molar-refractivity contribution in [3.63, 3.8) is 0 Å². The number of piperazine rings is 1. The molecule has 0 aromatic heterocycles. The Kier molecular flexibility index (Phi) is 6.83. The van der Waals surface area contributed by atoms with E-state index in [0.29, 0.717) is 6.54 Å². The molecule has 1 aliphatic heterocycles. The van der Waals surface area contributed by atoms with Gasteiger partial charge in [-0.1, -0.05) is 51.1 Å². The van der Waals surface area contributed by atoms with Crippen molar-refractivity contribution in [2.24, 2.45) is 5.41 Å². The standard InChI is InChI=1S/C19H30N2O4Si/c1-19(2,3)17(25-26(4)5)15-11-21(12-16(22)20-15)18(23)24-13-14-9-7-6-8-10-14/h6-10,15,17,26H,11-13H2,1-5H3,(H,20,22)/t15?,17-/m0/s1. The average molecular weight is 379 g/mol. The predicted molar refractivity (Wildman–Crippen MR) is 103 cm³/mol. The van der Waals surface area contributed by atoms with Gasteiger partial charge < -0.3 is 14.5 Å². The number of hydrogen-bond acceptors (Lipinski definition) is 4. The van der Waals surface area contributed by atoms with Crippen LogP contribution in [0.1, 0.15) is 26.3 Å². The first-order valence-corrected chi connectivity index (χ1v) is 11.9. The van der Waals surface area contributed by atoms with Crippen LogP contribution >= 0.6 is 0 Å². The second-order valence-electron chi connectivity index (χ2n) is 8.07. The number of benzene rings is 1. The highest BCUT2D eigenvalue weighted by atomic mass is 28.3. The topological polar surface area (TPSA) is 67.9 Å². The van der Waals surface area contributed by atoms with E-state index in [4.69, 9.17) is 9.16 Å². The molecule has 6 nitrogen and oxygen atoms in total. The van der Waals surface area contributed by atoms with E-state index in [1.807, 2.05) is 30.3 Å². The fraction of sp³-hybridized carbons (Fsp3) is 0.579. The lowest BCUT2D eigenvalue weighted by Crippen LogP contribution is -2.62. The highest BCUT2D eigenvalue weighted by Gasteiger charge is 2.39. The Morgan fingerprint density at radius 2 is 1.96 bits per heavy atom. The van der Waals surface area contributed by atoms with E-state index in [1.165, 1.54) is 4.90 Å². The Morgan fingerprint density at radius 1 is 1.31 bits per heavy atom. The third-order valence-corrected chi connectivity index (χ3v) is 5.04. The maximum Gasteiger partial charge on any atom is 0.410 e. The number of carbonyl (C=O) groups excluding carboxylic acids is 2. The fourth-order valence-corrected chi connectivity index (χ4v) is 4.27. The van der Waals surface area contributed by atoms with E-state index in [1.54, 1.807) is 0 Å². The van der Waals surface area contributed by atoms with Gasteiger partial charge in [0.05, 0.1) is 12.1 Å². The highest BCUT2D eigenvalue weighted by Crippen LogP contribution is 2.27. The molecule has 1 N–H and O–H groups in total. The van der Waals surface area contributed by atoms with Gasteiger partial charge in [0.15, 0.2) is 9.04 Å². The van der Waals surface area contributed by atoms with E-state index >= 15 is 0 Å². The highest BCUT2D eigenvalue weighted by molar-refractivity contribution is 6.48. The van der Waals surface area contributed by atoms with E-state index in [0.717, 1.165) is 5.56 Å². The lowest BCUT2D eigenvalue weighted by molar-refractivity contribution is -0.127. The SMILES string of the molecule is C[SiH](C)O[C@@H](C1CN(C(=O)OCc2ccccc2)CC(=O)N1)C(C)(C)C. The monoisotopic (exact) mass is 378 g/mol. The van der Waals surface area contributed by atoms with Gasteiger partial charge in [-0.3, -0.25) is 9.69 Å². The van der Waals surface area contributed by atoms with Crippen LogP contribution in [0.25, 0.3) is 0 Å². The van der Waals surface area contributed by atoms with Gasteiger partial charge in [0.2, 0.25) is 5.91 Å². The van der Waals surface area contributed by atoms with Gasteiger partial charge >= 0.3 is 6.09 Å². The van der Waals surface area contributed by atoms with Crippen LogP contribution in [0.15, 0.2) is 30.3 Å². The Hall–Kier alpha value is -1.86. The molecule has 1 aromatic rings. The molecule has 1 saturated heterocycles. The Bertz CT molecular complexity index is 616. The van der Waals surface area contributed by atoms with Crippen molar-refractivity contribution in [3.8, 4) is 0 Å². The number of nitrogens with one attached hydrogen (secondary N) is 1. The van der Waals surface area contributed by atoms with E-state index in [9.17, 15) is 9.59 Å². The molecule has 2 atom stereocenters. The van der Waals surface area contributed by atoms with Crippen LogP contribution in [-0.2, 0) is 20.6 Å². The maximum atomic E-state index is 12.4. The van der Waals surface area contributed by atoms with Gasteiger partial charge in [0, 0.05) is 6.54 Å². The smallest absolute Gasteiger partial charge is 0.410 e. The number of ether oxygens (including phenoxy) is 1. The Balaban J connectivity index is 2.03. The van der Waals surface area contributed by atoms with Gasteiger partial charge in [-0.15, -0.1) is 0 Å². The lowest BCUT2D eigenvalue weighted by Gasteiger charge is -2.42. The van der Waals surface area contributed by atoms with Crippen molar-refractivity contribution < 1.29 is 18.8 Å². The largest absolute Gasteiger partial charge is 0.445 e. The molecular weight excluding hydrogens is 348 g/mol. The molecule has 0 saturated carbocycles. The van der Waals surface area contributed by atoms with Crippen molar-refractivity contribution in [1.29, 1.82) is 0 Å². The zero-order chi connectivity index (χ0) is 19.3. The minimum atomic E-state index is -1.30. The normalized spacial score (nSPS) is 19.2. The summed E-state index contributed by atoms with van der Waals surface area (Å²) in [6.45, 7) is 11.1. The molecule has 1 aromatic carbocycles. The number of hydrogen-bond donors (Lipinski definition) is 1. The molecule has 1 aliphatic rings. The lowest BCUT2D eigenvalue weighted by atomic mass is 9.84. The summed E-state index contributed by atoms with van der Waals surface area (Å²) in [6.07, 6.45) is -0.619. The molecule has 1 heterocycles. The molecule has 7 heteroatoms. The number of carbonyl (C=O) groups is 2. The van der Waals surface area contributed by atoms with Gasteiger partial charge in [-0.2, -0.15) is 0 Å². The third-order valence-electron chi connectivity index (χ3n) is 4.20. The molecule has 1 fully saturated rings. The van der Waals surface area contributed by atoms with Gasteiger partial charge in [-0.25, -0.2) is 4.79 Å². The first-order valence-electron chi connectivity index (χ1n) is 9.07. The molecule has 1 unspecified atom stereocenters. The van der Waals surface area contributed by atoms with Crippen LogP contribution in [0.5, 0.6) is 0 Å². The summed E-state index contributed by atoms with van der Waals surface area (Å²) in [6, 6.07) is 9.26.